The van der Waals surface area contributed by atoms with Crippen LogP contribution < -0.4 is 15.8 Å². The number of nitrogen functional groups attached to an aromatic ring is 1. The van der Waals surface area contributed by atoms with Crippen molar-refractivity contribution in [3.63, 3.8) is 0 Å². The largest absolute Gasteiger partial charge is 0.472 e. The van der Waals surface area contributed by atoms with Crippen LogP contribution in [0.4, 0.5) is 14.6 Å². The molecule has 6 heterocycles. The molecule has 59 heavy (non-hydrogen) atoms. The molecule has 3 unspecified atom stereocenters. The van der Waals surface area contributed by atoms with E-state index in [1.165, 1.54) is 23.0 Å². The number of carbonyl (C=O) groups excluding carboxylic acids is 3. The van der Waals surface area contributed by atoms with Crippen molar-refractivity contribution in [2.45, 2.75) is 61.8 Å². The van der Waals surface area contributed by atoms with E-state index in [2.05, 4.69) is 15.0 Å². The summed E-state index contributed by atoms with van der Waals surface area (Å²) in [6, 6.07) is 13.0. The van der Waals surface area contributed by atoms with Crippen LogP contribution in [-0.4, -0.2) is 98.3 Å². The zero-order valence-corrected chi connectivity index (χ0v) is 33.1. The van der Waals surface area contributed by atoms with Gasteiger partial charge in [0.2, 0.25) is 11.8 Å². The number of anilines is 1. The Morgan fingerprint density at radius 2 is 1.71 bits per heavy atom. The molecule has 0 saturated carbocycles. The highest BCUT2D eigenvalue weighted by Crippen LogP contribution is 2.65. The van der Waals surface area contributed by atoms with Gasteiger partial charge in [0, 0.05) is 11.8 Å². The summed E-state index contributed by atoms with van der Waals surface area (Å²) >= 11 is 0.608. The van der Waals surface area contributed by atoms with E-state index in [0.717, 1.165) is 24.0 Å². The molecule has 24 heteroatoms. The van der Waals surface area contributed by atoms with Gasteiger partial charge in [-0.3, -0.25) is 37.6 Å². The van der Waals surface area contributed by atoms with Crippen molar-refractivity contribution >= 4 is 60.8 Å². The molecule has 4 aromatic rings. The third-order valence-electron chi connectivity index (χ3n) is 9.72. The van der Waals surface area contributed by atoms with E-state index >= 15 is 8.78 Å². The minimum Gasteiger partial charge on any atom is -0.423 e. The van der Waals surface area contributed by atoms with Crippen molar-refractivity contribution in [2.75, 3.05) is 18.9 Å². The minimum absolute atomic E-state index is 0.00899. The molecular weight excluding hydrogens is 844 g/mol. The number of hydrogen-bond acceptors (Lipinski definition) is 17. The number of ether oxygens (including phenoxy) is 3. The van der Waals surface area contributed by atoms with E-state index in [0.29, 0.717) is 22.5 Å². The average molecular weight is 879 g/mol. The highest BCUT2D eigenvalue weighted by molar-refractivity contribution is 8.54. The highest BCUT2D eigenvalue weighted by atomic mass is 32.7. The number of nitrogens with two attached hydrogens (primary N) is 1. The fourth-order valence-electron chi connectivity index (χ4n) is 6.72. The van der Waals surface area contributed by atoms with Gasteiger partial charge in [0.25, 0.3) is 0 Å². The summed E-state index contributed by atoms with van der Waals surface area (Å²) < 4.78 is 101. The maximum Gasteiger partial charge on any atom is 0.472 e. The monoisotopic (exact) mass is 878 g/mol. The van der Waals surface area contributed by atoms with Crippen molar-refractivity contribution in [2.24, 2.45) is 5.92 Å². The molecule has 0 spiro atoms. The first-order valence-electron chi connectivity index (χ1n) is 17.8. The van der Waals surface area contributed by atoms with Crippen LogP contribution in [0.1, 0.15) is 27.7 Å². The first-order chi connectivity index (χ1) is 28.2. The number of rotatable bonds is 7. The van der Waals surface area contributed by atoms with Crippen molar-refractivity contribution in [1.29, 1.82) is 0 Å². The normalized spacial score (nSPS) is 33.7. The number of esters is 1. The highest BCUT2D eigenvalue weighted by Gasteiger charge is 2.56. The first kappa shape index (κ1) is 41.3. The van der Waals surface area contributed by atoms with Gasteiger partial charge in [-0.25, -0.2) is 37.7 Å². The molecule has 2 bridgehead atoms. The summed E-state index contributed by atoms with van der Waals surface area (Å²) in [4.78, 5) is 60.0. The Bertz CT molecular complexity index is 2390. The molecule has 2 aromatic carbocycles. The van der Waals surface area contributed by atoms with E-state index < -0.39 is 101 Å². The number of phosphoric acid groups is 1. The van der Waals surface area contributed by atoms with Gasteiger partial charge >= 0.3 is 20.6 Å². The summed E-state index contributed by atoms with van der Waals surface area (Å²) in [6.45, 7) is -4.54. The van der Waals surface area contributed by atoms with Gasteiger partial charge in [-0.15, -0.1) is 0 Å². The first-order valence-corrected chi connectivity index (χ1v) is 22.5. The number of benzene rings is 2. The van der Waals surface area contributed by atoms with Crippen LogP contribution in [0.25, 0.3) is 11.2 Å². The number of hydrogen-bond donors (Lipinski definition) is 3. The van der Waals surface area contributed by atoms with Gasteiger partial charge in [0.1, 0.15) is 48.1 Å². The molecule has 8 rings (SSSR count). The minimum atomic E-state index is -5.25. The van der Waals surface area contributed by atoms with Gasteiger partial charge in [-0.1, -0.05) is 35.9 Å². The molecule has 4 aliphatic heterocycles. The van der Waals surface area contributed by atoms with E-state index in [1.54, 1.807) is 36.4 Å². The van der Waals surface area contributed by atoms with Crippen LogP contribution in [0, 0.1) is 12.8 Å². The molecule has 0 radical (unpaired) electrons. The van der Waals surface area contributed by atoms with Gasteiger partial charge in [0.15, 0.2) is 30.0 Å². The van der Waals surface area contributed by atoms with Crippen molar-refractivity contribution in [1.82, 2.24) is 24.8 Å². The number of imide groups is 1. The van der Waals surface area contributed by atoms with E-state index in [4.69, 9.17) is 38.0 Å². The predicted molar refractivity (Wildman–Crippen MR) is 201 cm³/mol. The Labute approximate surface area is 336 Å². The Kier molecular flexibility index (Phi) is 11.6. The fourth-order valence-corrected chi connectivity index (χ4v) is 11.0. The van der Waals surface area contributed by atoms with Crippen LogP contribution in [0.5, 0.6) is 5.75 Å². The molecule has 312 valence electrons. The summed E-state index contributed by atoms with van der Waals surface area (Å²) in [5, 5.41) is 2.03. The summed E-state index contributed by atoms with van der Waals surface area (Å²) in [5.74, 6) is -3.51. The zero-order valence-electron chi connectivity index (χ0n) is 30.5. The number of fused-ring (bicyclic) bond motifs is 4. The smallest absolute Gasteiger partial charge is 0.423 e. The standard InChI is InChI=1S/C35H34F2N6O13P2S/c1-17-2-6-19(7-3-17)35(46)52-20-8-4-18(5-9-20)14-59-58(49)51-13-23-29(26(37)28(53-23)21-10-11-24(44)42-33(21)45)55-57(47,48)50-12-22-25(36)30(56-58)34(54-22)43-16-41-27-31(38)39-15-40-32(27)43/h2-11,15-16,21-23,25-26,28-30,34H,12-14H2,1H3,(H,47,48)(H2,38,39,40)(H,42,44,45)/t21?,22-,23-,25-,26+,28+,29-,30-,34-,58?/m1/s1. The van der Waals surface area contributed by atoms with Gasteiger partial charge in [-0.05, 0) is 48.1 Å². The van der Waals surface area contributed by atoms with Crippen molar-refractivity contribution in [3.8, 4) is 5.75 Å². The SMILES string of the molecule is Cc1ccc(C(=O)Oc2ccc(CSP3(=O)OC[C@H]4O[C@@H](C5C=CC(=O)NC5=O)[C@H](F)[C@@H]4OP(=O)(O)OC[C@H]4O[C@@H](n5cnc6c(N)ncnc65)[C@H](O3)[C@@H]4F)cc2)cc1. The lowest BCUT2D eigenvalue weighted by atomic mass is 9.94. The molecular formula is C35H34F2N6O13P2S. The topological polar surface area (TPSA) is 252 Å². The average Bonchev–Trinajstić information content (AvgIpc) is 3.86. The molecule has 11 atom stereocenters. The quantitative estimate of drug-likeness (QED) is 0.102. The molecule has 3 fully saturated rings. The molecule has 4 N–H and O–H groups in total. The number of alkyl halides is 2. The lowest BCUT2D eigenvalue weighted by Gasteiger charge is -2.27. The van der Waals surface area contributed by atoms with E-state index in [1.807, 2.05) is 12.2 Å². The maximum absolute atomic E-state index is 16.5. The van der Waals surface area contributed by atoms with E-state index in [9.17, 15) is 28.4 Å². The Hall–Kier alpha value is -4.47. The molecule has 4 aliphatic rings. The number of phosphoric ester groups is 1. The second-order valence-electron chi connectivity index (χ2n) is 13.7. The third kappa shape index (κ3) is 8.74. The number of halogens is 2. The van der Waals surface area contributed by atoms with Crippen LogP contribution >= 0.6 is 26.0 Å². The van der Waals surface area contributed by atoms with Gasteiger partial charge in [-0.2, -0.15) is 0 Å². The molecule has 3 saturated heterocycles. The second kappa shape index (κ2) is 16.5. The summed E-state index contributed by atoms with van der Waals surface area (Å²) in [5.41, 5.74) is 8.00. The number of nitrogens with one attached hydrogen (secondary N) is 1. The summed E-state index contributed by atoms with van der Waals surface area (Å²) in [6.07, 6.45) is -10.2. The Balaban J connectivity index is 1.09. The van der Waals surface area contributed by atoms with Crippen LogP contribution in [0.15, 0.2) is 73.3 Å². The Morgan fingerprint density at radius 3 is 2.46 bits per heavy atom. The maximum atomic E-state index is 16.5. The number of nitrogens with zero attached hydrogens (tertiary/aromatic N) is 4. The summed E-state index contributed by atoms with van der Waals surface area (Å²) in [7, 11) is -5.25. The van der Waals surface area contributed by atoms with Gasteiger partial charge in [0.05, 0.1) is 31.0 Å². The fraction of sp³-hybridized carbons (Fsp3) is 0.371. The lowest BCUT2D eigenvalue weighted by Crippen LogP contribution is -2.45. The molecule has 19 nitrogen and oxygen atoms in total. The second-order valence-corrected chi connectivity index (χ2v) is 19.2. The van der Waals surface area contributed by atoms with Crippen molar-refractivity contribution < 1.29 is 69.5 Å². The molecule has 2 amide bonds. The number of carbonyl (C=O) groups is 3. The van der Waals surface area contributed by atoms with Crippen molar-refractivity contribution in [3.05, 3.63) is 90.0 Å². The van der Waals surface area contributed by atoms with Gasteiger partial charge < -0.3 is 24.8 Å². The predicted octanol–water partition coefficient (Wildman–Crippen LogP) is 4.07. The number of imidazole rings is 1. The van der Waals surface area contributed by atoms with E-state index in [-0.39, 0.29) is 28.5 Å². The molecule has 2 aromatic heterocycles. The zero-order chi connectivity index (χ0) is 41.6. The number of aryl methyl sites for hydroxylation is 1. The van der Waals surface area contributed by atoms with Crippen LogP contribution in [-0.2, 0) is 52.0 Å². The van der Waals surface area contributed by atoms with Crippen LogP contribution in [0.2, 0.25) is 0 Å². The lowest BCUT2D eigenvalue weighted by molar-refractivity contribution is -0.135. The molecule has 0 aliphatic carbocycles. The third-order valence-corrected chi connectivity index (χ3v) is 14.4. The number of aromatic nitrogens is 4. The number of amides is 2. The van der Waals surface area contributed by atoms with Crippen LogP contribution in [0.3, 0.4) is 0 Å². The Morgan fingerprint density at radius 1 is 0.966 bits per heavy atom.